The molecule has 0 aromatic heterocycles. The number of fused-ring (bicyclic) bond motifs is 2. The van der Waals surface area contributed by atoms with Crippen LogP contribution in [0.2, 0.25) is 0 Å². The summed E-state index contributed by atoms with van der Waals surface area (Å²) in [7, 11) is 0. The van der Waals surface area contributed by atoms with Gasteiger partial charge in [-0.15, -0.1) is 0 Å². The van der Waals surface area contributed by atoms with E-state index in [0.717, 1.165) is 24.6 Å². The summed E-state index contributed by atoms with van der Waals surface area (Å²) in [5, 5.41) is 50.3. The Morgan fingerprint density at radius 1 is 0.820 bits per heavy atom. The number of aliphatic imine (C=N–C) groups is 2. The molecule has 19 heteroatoms. The standard InChI is InChI=1S/C29H46N5.C2H3N.Eu.3H2NO3/c1-5-20(3)18-33-26-16-9-7-12-22(26)31-28(33)24-14-11-15-25(30-24)29-32-23-13-8-10-17-27(23)34(29)19-21(4)6-2;1-2-3;;3*2-1(3)4/h11,14-15,20-24,26-27H,5-10,12-13,16-19H2,1-4H3;1H3;;3*(H2,2,3,4)/q-1;;;3*+1. The van der Waals surface area contributed by atoms with E-state index >= 15 is 0 Å². The Kier molecular flexibility index (Phi) is 23.4. The van der Waals surface area contributed by atoms with Gasteiger partial charge in [-0.1, -0.05) is 90.1 Å². The molecule has 5 rings (SSSR count). The molecule has 2 fully saturated rings. The molecular weight excluding hydrogens is 794 g/mol. The number of nitriles is 1. The maximum Gasteiger partial charge on any atom is 0.472 e. The summed E-state index contributed by atoms with van der Waals surface area (Å²) in [6, 6.07) is 3.88. The summed E-state index contributed by atoms with van der Waals surface area (Å²) in [5.74, 6) is 3.75. The smallest absolute Gasteiger partial charge is 0.472 e. The van der Waals surface area contributed by atoms with Crippen LogP contribution in [-0.2, 0) is 0 Å². The average molecular weight is 850 g/mol. The Bertz CT molecular complexity index is 1200. The Morgan fingerprint density at radius 2 is 1.22 bits per heavy atom. The fourth-order valence-electron chi connectivity index (χ4n) is 6.62. The maximum absolute atomic E-state index is 8.47. The number of allylic oxidation sites excluding steroid dienone is 2. The van der Waals surface area contributed by atoms with Crippen LogP contribution < -0.4 is 0 Å². The minimum Gasteiger partial charge on any atom is -0.669 e. The SMILES string of the molecule is CC#N.CCC(C)CN1C(C2=CC=CC(C3=NC4CCCCC4N3CC(C)CC)[N-]2)=NC2CCCCC21.O=[N+](O)O.O=[N+](O)O.O=[N+](O)O.[Eu]. The molecule has 0 amide bonds. The van der Waals surface area contributed by atoms with Crippen molar-refractivity contribution in [1.29, 1.82) is 5.26 Å². The molecule has 7 unspecified atom stereocenters. The monoisotopic (exact) mass is 850 g/mol. The van der Waals surface area contributed by atoms with Crippen molar-refractivity contribution in [3.8, 4) is 6.07 Å². The maximum atomic E-state index is 8.47. The van der Waals surface area contributed by atoms with Crippen molar-refractivity contribution < 1.29 is 95.9 Å². The largest absolute Gasteiger partial charge is 0.669 e. The minimum atomic E-state index is -1.25. The van der Waals surface area contributed by atoms with Crippen LogP contribution in [0.25, 0.3) is 5.32 Å². The first-order valence-corrected chi connectivity index (χ1v) is 16.8. The summed E-state index contributed by atoms with van der Waals surface area (Å²) >= 11 is 0. The fourth-order valence-corrected chi connectivity index (χ4v) is 6.62. The molecule has 283 valence electrons. The quantitative estimate of drug-likeness (QED) is 0.166. The minimum absolute atomic E-state index is 0. The van der Waals surface area contributed by atoms with E-state index in [2.05, 4.69) is 55.7 Å². The topological polar surface area (TPSA) is 251 Å². The molecule has 3 aliphatic heterocycles. The van der Waals surface area contributed by atoms with Crippen molar-refractivity contribution in [3.05, 3.63) is 44.0 Å². The molecule has 2 aliphatic carbocycles. The van der Waals surface area contributed by atoms with Crippen LogP contribution in [0.5, 0.6) is 0 Å². The zero-order valence-corrected chi connectivity index (χ0v) is 32.0. The van der Waals surface area contributed by atoms with Gasteiger partial charge in [-0.2, -0.15) is 5.26 Å². The first-order valence-electron chi connectivity index (χ1n) is 16.8. The summed E-state index contributed by atoms with van der Waals surface area (Å²) < 4.78 is 0. The van der Waals surface area contributed by atoms with Gasteiger partial charge in [0.2, 0.25) is 0 Å². The molecule has 2 saturated carbocycles. The average Bonchev–Trinajstić information content (AvgIpc) is 3.59. The van der Waals surface area contributed by atoms with Gasteiger partial charge in [0, 0.05) is 69.4 Å². The fraction of sp³-hybridized carbons (Fsp3) is 0.774. The van der Waals surface area contributed by atoms with Gasteiger partial charge in [0.1, 0.15) is 20.6 Å². The zero-order chi connectivity index (χ0) is 37.1. The van der Waals surface area contributed by atoms with Crippen molar-refractivity contribution in [2.45, 2.75) is 129 Å². The van der Waals surface area contributed by atoms with Gasteiger partial charge in [-0.25, -0.2) is 31.2 Å². The Balaban J connectivity index is 0.00000128. The van der Waals surface area contributed by atoms with E-state index < -0.39 is 15.3 Å². The first kappa shape index (κ1) is 46.9. The Labute approximate surface area is 334 Å². The van der Waals surface area contributed by atoms with Crippen LogP contribution in [0.4, 0.5) is 0 Å². The second kappa shape index (κ2) is 24.9. The summed E-state index contributed by atoms with van der Waals surface area (Å²) in [6.45, 7) is 13.0. The van der Waals surface area contributed by atoms with Crippen molar-refractivity contribution in [1.82, 2.24) is 9.80 Å². The predicted molar refractivity (Wildman–Crippen MR) is 177 cm³/mol. The Morgan fingerprint density at radius 3 is 1.68 bits per heavy atom. The third kappa shape index (κ3) is 16.3. The van der Waals surface area contributed by atoms with E-state index in [0.29, 0.717) is 36.0 Å². The number of amidine groups is 2. The van der Waals surface area contributed by atoms with E-state index in [4.69, 9.17) is 66.5 Å². The first-order chi connectivity index (χ1) is 23.2. The molecule has 7 atom stereocenters. The predicted octanol–water partition coefficient (Wildman–Crippen LogP) is 5.49. The molecule has 18 nitrogen and oxygen atoms in total. The second-order valence-electron chi connectivity index (χ2n) is 12.6. The second-order valence-corrected chi connectivity index (χ2v) is 12.6. The molecule has 0 bridgehead atoms. The van der Waals surface area contributed by atoms with Gasteiger partial charge >= 0.3 is 15.3 Å². The van der Waals surface area contributed by atoms with Gasteiger partial charge in [-0.05, 0) is 43.6 Å². The molecule has 0 spiro atoms. The zero-order valence-electron chi connectivity index (χ0n) is 29.6. The number of rotatable bonds is 8. The van der Waals surface area contributed by atoms with Gasteiger partial charge in [-0.3, -0.25) is 9.98 Å². The molecule has 0 saturated heterocycles. The van der Waals surface area contributed by atoms with Crippen LogP contribution >= 0.6 is 0 Å². The van der Waals surface area contributed by atoms with E-state index in [-0.39, 0.29) is 55.4 Å². The van der Waals surface area contributed by atoms with Crippen molar-refractivity contribution in [2.24, 2.45) is 21.8 Å². The normalized spacial score (nSPS) is 25.1. The van der Waals surface area contributed by atoms with E-state index in [9.17, 15) is 0 Å². The van der Waals surface area contributed by atoms with Crippen LogP contribution in [0, 0.1) is 87.3 Å². The van der Waals surface area contributed by atoms with Gasteiger partial charge in [0.15, 0.2) is 0 Å². The molecule has 6 N–H and O–H groups in total. The molecule has 50 heavy (non-hydrogen) atoms. The number of nitrogens with zero attached hydrogens (tertiary/aromatic N) is 9. The van der Waals surface area contributed by atoms with E-state index in [1.807, 2.05) is 0 Å². The van der Waals surface area contributed by atoms with Crippen molar-refractivity contribution in [2.75, 3.05) is 13.1 Å². The summed E-state index contributed by atoms with van der Waals surface area (Å²) in [4.78, 5) is 41.4. The van der Waals surface area contributed by atoms with Gasteiger partial charge in [0.25, 0.3) is 0 Å². The summed E-state index contributed by atoms with van der Waals surface area (Å²) in [6.07, 6.45) is 19.5. The van der Waals surface area contributed by atoms with Crippen molar-refractivity contribution in [3.63, 3.8) is 0 Å². The van der Waals surface area contributed by atoms with Crippen LogP contribution in [0.15, 0.2) is 33.9 Å². The third-order valence-corrected chi connectivity index (χ3v) is 9.07. The van der Waals surface area contributed by atoms with Crippen LogP contribution in [0.1, 0.15) is 98.8 Å². The van der Waals surface area contributed by atoms with E-state index in [1.54, 1.807) is 6.07 Å². The van der Waals surface area contributed by atoms with Gasteiger partial charge < -0.3 is 15.1 Å². The number of hydrogen-bond donors (Lipinski definition) is 6. The number of hydrogen-bond acceptors (Lipinski definition) is 8. The third-order valence-electron chi connectivity index (χ3n) is 9.07. The Hall–Kier alpha value is -3.11. The molecule has 3 heterocycles. The molecular formula is C31H55EuN9O9+2. The van der Waals surface area contributed by atoms with Crippen LogP contribution in [0.3, 0.4) is 0 Å². The summed E-state index contributed by atoms with van der Waals surface area (Å²) in [5.41, 5.74) is 1.09. The molecule has 0 aromatic carbocycles. The van der Waals surface area contributed by atoms with Crippen LogP contribution in [-0.4, -0.2) is 111 Å². The van der Waals surface area contributed by atoms with Crippen molar-refractivity contribution >= 4 is 11.7 Å². The molecule has 0 aromatic rings. The molecule has 1 radical (unpaired) electrons. The van der Waals surface area contributed by atoms with E-state index in [1.165, 1.54) is 77.0 Å². The molecule has 5 aliphatic rings. The van der Waals surface area contributed by atoms with Gasteiger partial charge in [0.05, 0.1) is 36.1 Å².